The van der Waals surface area contributed by atoms with E-state index in [9.17, 15) is 0 Å². The van der Waals surface area contributed by atoms with Gasteiger partial charge in [-0.15, -0.1) is 11.3 Å². The topological polar surface area (TPSA) is 48.1 Å². The SMILES string of the molecule is CCc1ccc(OCCc2nc(C)c(C(N)=S)s2)cc1. The standard InChI is InChI=1S/C15H18N2OS2/c1-3-11-4-6-12(7-5-11)18-9-8-13-17-10(2)14(20-13)15(16)19/h4-7H,3,8-9H2,1-2H3,(H2,16,19). The molecule has 0 amide bonds. The second kappa shape index (κ2) is 6.81. The van der Waals surface area contributed by atoms with Crippen molar-refractivity contribution in [3.63, 3.8) is 0 Å². The van der Waals surface area contributed by atoms with E-state index in [-0.39, 0.29) is 0 Å². The molecule has 0 radical (unpaired) electrons. The van der Waals surface area contributed by atoms with Gasteiger partial charge in [-0.25, -0.2) is 4.98 Å². The number of aryl methyl sites for hydroxylation is 2. The van der Waals surface area contributed by atoms with Crippen molar-refractivity contribution in [2.45, 2.75) is 26.7 Å². The number of rotatable bonds is 6. The molecule has 3 nitrogen and oxygen atoms in total. The van der Waals surface area contributed by atoms with Gasteiger partial charge in [0.1, 0.15) is 10.7 Å². The van der Waals surface area contributed by atoms with Crippen molar-refractivity contribution in [1.29, 1.82) is 0 Å². The summed E-state index contributed by atoms with van der Waals surface area (Å²) in [5, 5.41) is 1.01. The summed E-state index contributed by atoms with van der Waals surface area (Å²) in [7, 11) is 0. The van der Waals surface area contributed by atoms with Gasteiger partial charge in [-0.05, 0) is 31.0 Å². The van der Waals surface area contributed by atoms with Gasteiger partial charge in [0.05, 0.1) is 22.2 Å². The van der Waals surface area contributed by atoms with Gasteiger partial charge in [-0.1, -0.05) is 31.3 Å². The van der Waals surface area contributed by atoms with Gasteiger partial charge in [0.15, 0.2) is 0 Å². The molecule has 0 aliphatic rings. The minimum Gasteiger partial charge on any atom is -0.493 e. The summed E-state index contributed by atoms with van der Waals surface area (Å²) < 4.78 is 5.72. The van der Waals surface area contributed by atoms with Crippen LogP contribution < -0.4 is 10.5 Å². The highest BCUT2D eigenvalue weighted by molar-refractivity contribution is 7.81. The van der Waals surface area contributed by atoms with Gasteiger partial charge in [-0.2, -0.15) is 0 Å². The van der Waals surface area contributed by atoms with Crippen LogP contribution in [0.5, 0.6) is 5.75 Å². The van der Waals surface area contributed by atoms with Crippen LogP contribution >= 0.6 is 23.6 Å². The molecule has 0 unspecified atom stereocenters. The van der Waals surface area contributed by atoms with Crippen LogP contribution in [0.15, 0.2) is 24.3 Å². The highest BCUT2D eigenvalue weighted by Crippen LogP contribution is 2.19. The van der Waals surface area contributed by atoms with Crippen LogP contribution in [0.3, 0.4) is 0 Å². The molecule has 1 heterocycles. The molecule has 1 aromatic heterocycles. The zero-order chi connectivity index (χ0) is 14.5. The number of thiazole rings is 1. The first-order valence-electron chi connectivity index (χ1n) is 6.58. The Bertz CT molecular complexity index is 590. The van der Waals surface area contributed by atoms with Crippen LogP contribution in [-0.2, 0) is 12.8 Å². The number of benzene rings is 1. The molecule has 0 aliphatic heterocycles. The quantitative estimate of drug-likeness (QED) is 0.832. The minimum atomic E-state index is 0.419. The summed E-state index contributed by atoms with van der Waals surface area (Å²) in [5.41, 5.74) is 7.87. The Morgan fingerprint density at radius 3 is 2.60 bits per heavy atom. The van der Waals surface area contributed by atoms with E-state index in [1.54, 1.807) is 11.3 Å². The molecule has 1 aromatic carbocycles. The maximum atomic E-state index is 5.72. The molecule has 106 valence electrons. The van der Waals surface area contributed by atoms with Gasteiger partial charge in [0.2, 0.25) is 0 Å². The Morgan fingerprint density at radius 2 is 2.05 bits per heavy atom. The second-order valence-electron chi connectivity index (χ2n) is 4.48. The molecule has 0 spiro atoms. The number of thiocarbonyl (C=S) groups is 1. The maximum absolute atomic E-state index is 5.72. The molecule has 0 atom stereocenters. The third-order valence-electron chi connectivity index (χ3n) is 2.98. The van der Waals surface area contributed by atoms with Crippen molar-refractivity contribution in [2.24, 2.45) is 5.73 Å². The molecule has 0 bridgehead atoms. The van der Waals surface area contributed by atoms with Crippen molar-refractivity contribution in [1.82, 2.24) is 4.98 Å². The Hall–Kier alpha value is -1.46. The van der Waals surface area contributed by atoms with E-state index in [1.165, 1.54) is 5.56 Å². The Morgan fingerprint density at radius 1 is 1.35 bits per heavy atom. The summed E-state index contributed by atoms with van der Waals surface area (Å²) in [6.07, 6.45) is 1.81. The van der Waals surface area contributed by atoms with Crippen molar-refractivity contribution < 1.29 is 4.74 Å². The number of ether oxygens (including phenoxy) is 1. The molecule has 0 aliphatic carbocycles. The van der Waals surface area contributed by atoms with Crippen molar-refractivity contribution in [3.05, 3.63) is 45.4 Å². The molecular weight excluding hydrogens is 288 g/mol. The Kier molecular flexibility index (Phi) is 5.09. The van der Waals surface area contributed by atoms with Crippen molar-refractivity contribution >= 4 is 28.5 Å². The first-order chi connectivity index (χ1) is 9.60. The largest absolute Gasteiger partial charge is 0.493 e. The van der Waals surface area contributed by atoms with Crippen molar-refractivity contribution in [3.8, 4) is 5.75 Å². The number of hydrogen-bond donors (Lipinski definition) is 1. The van der Waals surface area contributed by atoms with Crippen LogP contribution in [0, 0.1) is 6.92 Å². The fourth-order valence-electron chi connectivity index (χ4n) is 1.87. The summed E-state index contributed by atoms with van der Waals surface area (Å²) in [6.45, 7) is 4.67. The van der Waals surface area contributed by atoms with Crippen LogP contribution in [0.4, 0.5) is 0 Å². The van der Waals surface area contributed by atoms with Gasteiger partial charge in [0, 0.05) is 6.42 Å². The second-order valence-corrected chi connectivity index (χ2v) is 6.01. The first kappa shape index (κ1) is 14.9. The van der Waals surface area contributed by atoms with E-state index >= 15 is 0 Å². The molecule has 2 N–H and O–H groups in total. The van der Waals surface area contributed by atoms with E-state index in [0.29, 0.717) is 11.6 Å². The lowest BCUT2D eigenvalue weighted by atomic mass is 10.2. The zero-order valence-electron chi connectivity index (χ0n) is 11.7. The summed E-state index contributed by atoms with van der Waals surface area (Å²) in [6, 6.07) is 8.19. The maximum Gasteiger partial charge on any atom is 0.119 e. The van der Waals surface area contributed by atoms with Gasteiger partial charge in [0.25, 0.3) is 0 Å². The summed E-state index contributed by atoms with van der Waals surface area (Å²) in [4.78, 5) is 5.79. The molecule has 2 rings (SSSR count). The fourth-order valence-corrected chi connectivity index (χ4v) is 3.04. The summed E-state index contributed by atoms with van der Waals surface area (Å²) >= 11 is 6.54. The molecule has 5 heteroatoms. The highest BCUT2D eigenvalue weighted by atomic mass is 32.1. The van der Waals surface area contributed by atoms with E-state index < -0.39 is 0 Å². The van der Waals surface area contributed by atoms with Gasteiger partial charge < -0.3 is 10.5 Å². The third-order valence-corrected chi connectivity index (χ3v) is 4.56. The smallest absolute Gasteiger partial charge is 0.119 e. The van der Waals surface area contributed by atoms with Gasteiger partial charge >= 0.3 is 0 Å². The summed E-state index contributed by atoms with van der Waals surface area (Å²) in [5.74, 6) is 0.894. The zero-order valence-corrected chi connectivity index (χ0v) is 13.3. The van der Waals surface area contributed by atoms with E-state index in [1.807, 2.05) is 19.1 Å². The van der Waals surface area contributed by atoms with E-state index in [4.69, 9.17) is 22.7 Å². The van der Waals surface area contributed by atoms with Crippen LogP contribution in [0.25, 0.3) is 0 Å². The minimum absolute atomic E-state index is 0.419. The molecule has 0 fully saturated rings. The molecule has 2 aromatic rings. The van der Waals surface area contributed by atoms with Crippen LogP contribution in [0.1, 0.15) is 28.1 Å². The highest BCUT2D eigenvalue weighted by Gasteiger charge is 2.09. The van der Waals surface area contributed by atoms with Crippen molar-refractivity contribution in [2.75, 3.05) is 6.61 Å². The lowest BCUT2D eigenvalue weighted by Crippen LogP contribution is -2.08. The molecule has 0 saturated heterocycles. The Balaban J connectivity index is 1.89. The lowest BCUT2D eigenvalue weighted by Gasteiger charge is -2.05. The van der Waals surface area contributed by atoms with Gasteiger partial charge in [-0.3, -0.25) is 0 Å². The first-order valence-corrected chi connectivity index (χ1v) is 7.80. The monoisotopic (exact) mass is 306 g/mol. The lowest BCUT2D eigenvalue weighted by molar-refractivity contribution is 0.321. The Labute approximate surface area is 128 Å². The average molecular weight is 306 g/mol. The average Bonchev–Trinajstić information content (AvgIpc) is 2.81. The predicted molar refractivity (Wildman–Crippen MR) is 87.8 cm³/mol. The fraction of sp³-hybridized carbons (Fsp3) is 0.333. The molecule has 0 saturated carbocycles. The predicted octanol–water partition coefficient (Wildman–Crippen LogP) is 3.27. The van der Waals surface area contributed by atoms with E-state index in [2.05, 4.69) is 24.0 Å². The van der Waals surface area contributed by atoms with Crippen LogP contribution in [-0.4, -0.2) is 16.6 Å². The molecular formula is C15H18N2OS2. The number of aromatic nitrogens is 1. The third kappa shape index (κ3) is 3.77. The number of hydrogen-bond acceptors (Lipinski definition) is 4. The van der Waals surface area contributed by atoms with Crippen LogP contribution in [0.2, 0.25) is 0 Å². The number of nitrogens with zero attached hydrogens (tertiary/aromatic N) is 1. The molecule has 20 heavy (non-hydrogen) atoms. The normalized spacial score (nSPS) is 10.5. The number of nitrogens with two attached hydrogens (primary N) is 1. The van der Waals surface area contributed by atoms with E-state index in [0.717, 1.165) is 34.2 Å².